The van der Waals surface area contributed by atoms with E-state index in [0.29, 0.717) is 12.2 Å². The van der Waals surface area contributed by atoms with E-state index in [1.54, 1.807) is 0 Å². The van der Waals surface area contributed by atoms with Crippen molar-refractivity contribution in [2.24, 2.45) is 23.7 Å². The molecule has 3 rings (SSSR count). The first-order valence-corrected chi connectivity index (χ1v) is 6.54. The SMILES string of the molecule is CC1C=CC2COC(O)C1C2C1=CC(=O)C=CC1=O. The summed E-state index contributed by atoms with van der Waals surface area (Å²) in [6.45, 7) is 2.38. The molecule has 0 aromatic carbocycles. The molecule has 4 heteroatoms. The van der Waals surface area contributed by atoms with Crippen LogP contribution in [0, 0.1) is 23.7 Å². The Morgan fingerprint density at radius 2 is 2.05 bits per heavy atom. The highest BCUT2D eigenvalue weighted by Crippen LogP contribution is 2.45. The van der Waals surface area contributed by atoms with Crippen molar-refractivity contribution < 1.29 is 19.4 Å². The summed E-state index contributed by atoms with van der Waals surface area (Å²) in [6.07, 6.45) is 7.24. The molecule has 1 N–H and O–H groups in total. The topological polar surface area (TPSA) is 63.6 Å². The van der Waals surface area contributed by atoms with Crippen LogP contribution in [0.15, 0.2) is 36.0 Å². The van der Waals surface area contributed by atoms with Gasteiger partial charge in [-0.25, -0.2) is 0 Å². The number of aliphatic hydroxyl groups is 1. The third-order valence-electron chi connectivity index (χ3n) is 4.27. The molecule has 1 heterocycles. The van der Waals surface area contributed by atoms with Gasteiger partial charge in [0.15, 0.2) is 17.9 Å². The van der Waals surface area contributed by atoms with Crippen molar-refractivity contribution in [2.75, 3.05) is 6.61 Å². The number of allylic oxidation sites excluding steroid dienone is 5. The Bertz CT molecular complexity index is 514. The second-order valence-corrected chi connectivity index (χ2v) is 5.43. The van der Waals surface area contributed by atoms with E-state index in [0.717, 1.165) is 0 Å². The summed E-state index contributed by atoms with van der Waals surface area (Å²) in [7, 11) is 0. The molecule has 0 radical (unpaired) electrons. The summed E-state index contributed by atoms with van der Waals surface area (Å²) in [5, 5.41) is 10.0. The van der Waals surface area contributed by atoms with Gasteiger partial charge >= 0.3 is 0 Å². The van der Waals surface area contributed by atoms with Crippen LogP contribution in [0.4, 0.5) is 0 Å². The Balaban J connectivity index is 2.02. The van der Waals surface area contributed by atoms with Gasteiger partial charge in [-0.05, 0) is 24.1 Å². The van der Waals surface area contributed by atoms with Crippen molar-refractivity contribution >= 4 is 11.6 Å². The number of ether oxygens (including phenoxy) is 1. The molecule has 3 aliphatic rings. The highest BCUT2D eigenvalue weighted by molar-refractivity contribution is 6.17. The second-order valence-electron chi connectivity index (χ2n) is 5.43. The van der Waals surface area contributed by atoms with Crippen LogP contribution in [0.2, 0.25) is 0 Å². The van der Waals surface area contributed by atoms with Gasteiger partial charge in [0.1, 0.15) is 0 Å². The lowest BCUT2D eigenvalue weighted by Crippen LogP contribution is -2.48. The Morgan fingerprint density at radius 1 is 1.26 bits per heavy atom. The van der Waals surface area contributed by atoms with Crippen molar-refractivity contribution in [1.29, 1.82) is 0 Å². The van der Waals surface area contributed by atoms with Crippen molar-refractivity contribution in [3.63, 3.8) is 0 Å². The second kappa shape index (κ2) is 4.54. The zero-order valence-corrected chi connectivity index (χ0v) is 10.7. The first-order valence-electron chi connectivity index (χ1n) is 6.54. The number of hydrogen-bond donors (Lipinski definition) is 1. The number of hydrogen-bond acceptors (Lipinski definition) is 4. The fourth-order valence-corrected chi connectivity index (χ4v) is 3.32. The van der Waals surface area contributed by atoms with Crippen LogP contribution >= 0.6 is 0 Å². The van der Waals surface area contributed by atoms with Gasteiger partial charge in [0.25, 0.3) is 0 Å². The first-order chi connectivity index (χ1) is 9.08. The smallest absolute Gasteiger partial charge is 0.182 e. The largest absolute Gasteiger partial charge is 0.368 e. The van der Waals surface area contributed by atoms with E-state index >= 15 is 0 Å². The highest BCUT2D eigenvalue weighted by atomic mass is 16.6. The number of fused-ring (bicyclic) bond motifs is 2. The molecule has 1 aliphatic heterocycles. The van der Waals surface area contributed by atoms with E-state index in [1.807, 2.05) is 13.0 Å². The van der Waals surface area contributed by atoms with Crippen LogP contribution in [0.3, 0.4) is 0 Å². The molecule has 0 aromatic heterocycles. The molecule has 4 nitrogen and oxygen atoms in total. The summed E-state index contributed by atoms with van der Waals surface area (Å²) in [5.74, 6) is -0.421. The van der Waals surface area contributed by atoms with Crippen LogP contribution in [0.5, 0.6) is 0 Å². The molecular weight excluding hydrogens is 244 g/mol. The molecule has 0 aromatic rings. The predicted octanol–water partition coefficient (Wildman–Crippen LogP) is 1.02. The average molecular weight is 260 g/mol. The highest BCUT2D eigenvalue weighted by Gasteiger charge is 2.46. The maximum absolute atomic E-state index is 12.0. The van der Waals surface area contributed by atoms with E-state index in [-0.39, 0.29) is 35.2 Å². The van der Waals surface area contributed by atoms with Crippen LogP contribution in [0.25, 0.3) is 0 Å². The lowest BCUT2D eigenvalue weighted by Gasteiger charge is -2.45. The molecule has 0 saturated carbocycles. The summed E-state index contributed by atoms with van der Waals surface area (Å²) in [5.41, 5.74) is 0.515. The molecule has 2 aliphatic carbocycles. The molecular formula is C15H16O4. The molecule has 19 heavy (non-hydrogen) atoms. The van der Waals surface area contributed by atoms with Gasteiger partial charge in [-0.2, -0.15) is 0 Å². The van der Waals surface area contributed by atoms with Gasteiger partial charge in [-0.3, -0.25) is 9.59 Å². The van der Waals surface area contributed by atoms with Crippen molar-refractivity contribution in [3.8, 4) is 0 Å². The third kappa shape index (κ3) is 2.01. The van der Waals surface area contributed by atoms with Crippen molar-refractivity contribution in [1.82, 2.24) is 0 Å². The van der Waals surface area contributed by atoms with Crippen LogP contribution < -0.4 is 0 Å². The maximum atomic E-state index is 12.0. The van der Waals surface area contributed by atoms with Crippen molar-refractivity contribution in [3.05, 3.63) is 36.0 Å². The third-order valence-corrected chi connectivity index (χ3v) is 4.27. The zero-order chi connectivity index (χ0) is 13.6. The number of carbonyl (C=O) groups excluding carboxylic acids is 2. The van der Waals surface area contributed by atoms with Crippen molar-refractivity contribution in [2.45, 2.75) is 13.2 Å². The maximum Gasteiger partial charge on any atom is 0.182 e. The quantitative estimate of drug-likeness (QED) is 0.565. The molecule has 1 fully saturated rings. The lowest BCUT2D eigenvalue weighted by molar-refractivity contribution is -0.196. The molecule has 100 valence electrons. The van der Waals surface area contributed by atoms with Gasteiger partial charge in [0.05, 0.1) is 6.61 Å². The Morgan fingerprint density at radius 3 is 2.84 bits per heavy atom. The minimum atomic E-state index is -0.879. The zero-order valence-electron chi connectivity index (χ0n) is 10.7. The van der Waals surface area contributed by atoms with Gasteiger partial charge in [-0.1, -0.05) is 19.1 Å². The minimum Gasteiger partial charge on any atom is -0.368 e. The van der Waals surface area contributed by atoms with E-state index in [4.69, 9.17) is 4.74 Å². The van der Waals surface area contributed by atoms with E-state index < -0.39 is 6.29 Å². The molecule has 1 saturated heterocycles. The molecule has 2 bridgehead atoms. The lowest BCUT2D eigenvalue weighted by atomic mass is 9.65. The van der Waals surface area contributed by atoms with Gasteiger partial charge in [0.2, 0.25) is 0 Å². The Kier molecular flexibility index (Phi) is 2.99. The summed E-state index contributed by atoms with van der Waals surface area (Å²) in [4.78, 5) is 23.5. The van der Waals surface area contributed by atoms with Gasteiger partial charge < -0.3 is 9.84 Å². The summed E-state index contributed by atoms with van der Waals surface area (Å²) >= 11 is 0. The molecule has 5 unspecified atom stereocenters. The van der Waals surface area contributed by atoms with Gasteiger partial charge in [0, 0.05) is 23.3 Å². The Labute approximate surface area is 111 Å². The fraction of sp³-hybridized carbons (Fsp3) is 0.467. The molecule has 5 atom stereocenters. The number of ketones is 2. The average Bonchev–Trinajstić information content (AvgIpc) is 2.39. The standard InChI is InChI=1S/C15H16O4/c1-8-2-3-9-7-19-15(18)13(8)14(9)11-6-10(16)4-5-12(11)17/h2-6,8-9,13-15,18H,7H2,1H3. The minimum absolute atomic E-state index is 0.0547. The number of rotatable bonds is 1. The monoisotopic (exact) mass is 260 g/mol. The molecule has 0 spiro atoms. The fourth-order valence-electron chi connectivity index (χ4n) is 3.32. The van der Waals surface area contributed by atoms with Gasteiger partial charge in [-0.15, -0.1) is 0 Å². The normalized spacial score (nSPS) is 41.4. The number of aliphatic hydroxyl groups excluding tert-OH is 1. The number of carbonyl (C=O) groups is 2. The van der Waals surface area contributed by atoms with E-state index in [1.165, 1.54) is 18.2 Å². The van der Waals surface area contributed by atoms with Crippen LogP contribution in [-0.2, 0) is 14.3 Å². The van der Waals surface area contributed by atoms with E-state index in [9.17, 15) is 14.7 Å². The molecule has 0 amide bonds. The first kappa shape index (κ1) is 12.5. The predicted molar refractivity (Wildman–Crippen MR) is 68.0 cm³/mol. The van der Waals surface area contributed by atoms with Crippen LogP contribution in [-0.4, -0.2) is 29.6 Å². The Hall–Kier alpha value is -1.52. The van der Waals surface area contributed by atoms with Crippen LogP contribution in [0.1, 0.15) is 6.92 Å². The summed E-state index contributed by atoms with van der Waals surface area (Å²) < 4.78 is 5.36. The summed E-state index contributed by atoms with van der Waals surface area (Å²) in [6, 6.07) is 0. The van der Waals surface area contributed by atoms with E-state index in [2.05, 4.69) is 6.08 Å².